The van der Waals surface area contributed by atoms with Crippen molar-refractivity contribution >= 4 is 12.0 Å². The Morgan fingerprint density at radius 2 is 1.76 bits per heavy atom. The topological polar surface area (TPSA) is 40.5 Å². The van der Waals surface area contributed by atoms with Crippen molar-refractivity contribution in [1.29, 1.82) is 0 Å². The predicted octanol–water partition coefficient (Wildman–Crippen LogP) is 2.28. The standard InChI is InChI=1S/C11H10O2.C3H9N/c12-11(13)10-6-5-8-3-1-2-4-9(8)7-10;1-4(2)3/h1-4,7H,5-6H2,(H,12,13);1-3H3. The van der Waals surface area contributed by atoms with Crippen molar-refractivity contribution in [3.8, 4) is 0 Å². The Hall–Kier alpha value is -1.61. The molecule has 0 heterocycles. The second kappa shape index (κ2) is 6.21. The highest BCUT2D eigenvalue weighted by atomic mass is 16.4. The van der Waals surface area contributed by atoms with E-state index in [-0.39, 0.29) is 0 Å². The highest BCUT2D eigenvalue weighted by Gasteiger charge is 2.13. The molecule has 0 saturated carbocycles. The summed E-state index contributed by atoms with van der Waals surface area (Å²) in [7, 11) is 6.00. The first-order chi connectivity index (χ1) is 8.00. The molecule has 3 nitrogen and oxygen atoms in total. The smallest absolute Gasteiger partial charge is 0.331 e. The fourth-order valence-electron chi connectivity index (χ4n) is 1.60. The van der Waals surface area contributed by atoms with Crippen LogP contribution in [0.4, 0.5) is 0 Å². The lowest BCUT2D eigenvalue weighted by Crippen LogP contribution is -2.06. The van der Waals surface area contributed by atoms with Crippen molar-refractivity contribution in [2.45, 2.75) is 12.8 Å². The number of carboxylic acids is 1. The fraction of sp³-hybridized carbons (Fsp3) is 0.357. The minimum atomic E-state index is -0.797. The van der Waals surface area contributed by atoms with Gasteiger partial charge in [0.15, 0.2) is 0 Å². The van der Waals surface area contributed by atoms with Gasteiger partial charge in [-0.25, -0.2) is 4.79 Å². The molecule has 0 spiro atoms. The number of aliphatic carboxylic acids is 1. The summed E-state index contributed by atoms with van der Waals surface area (Å²) >= 11 is 0. The molecule has 0 fully saturated rings. The lowest BCUT2D eigenvalue weighted by atomic mass is 9.92. The van der Waals surface area contributed by atoms with Crippen molar-refractivity contribution in [3.05, 3.63) is 41.0 Å². The maximum atomic E-state index is 10.7. The number of nitrogens with zero attached hydrogens (tertiary/aromatic N) is 1. The monoisotopic (exact) mass is 233 g/mol. The Morgan fingerprint density at radius 3 is 2.35 bits per heavy atom. The summed E-state index contributed by atoms with van der Waals surface area (Å²) in [6.07, 6.45) is 3.25. The molecule has 0 aromatic heterocycles. The van der Waals surface area contributed by atoms with Crippen LogP contribution in [0.15, 0.2) is 29.8 Å². The molecule has 0 saturated heterocycles. The van der Waals surface area contributed by atoms with Gasteiger partial charge >= 0.3 is 5.97 Å². The molecule has 3 heteroatoms. The minimum absolute atomic E-state index is 0.513. The molecule has 0 aliphatic heterocycles. The average molecular weight is 233 g/mol. The first kappa shape index (κ1) is 13.5. The summed E-state index contributed by atoms with van der Waals surface area (Å²) in [5.74, 6) is -0.797. The van der Waals surface area contributed by atoms with E-state index < -0.39 is 5.97 Å². The molecule has 92 valence electrons. The number of aryl methyl sites for hydroxylation is 1. The number of hydrogen-bond acceptors (Lipinski definition) is 2. The van der Waals surface area contributed by atoms with Crippen LogP contribution in [0, 0.1) is 0 Å². The first-order valence-electron chi connectivity index (χ1n) is 5.63. The number of carbonyl (C=O) groups is 1. The first-order valence-corrected chi connectivity index (χ1v) is 5.63. The molecule has 1 aromatic carbocycles. The normalized spacial score (nSPS) is 13.3. The Bertz CT molecular complexity index is 419. The molecular formula is C14H19NO2. The Morgan fingerprint density at radius 1 is 1.18 bits per heavy atom. The molecule has 1 aromatic rings. The SMILES string of the molecule is CN(C)C.O=C(O)C1=Cc2ccccc2CC1. The van der Waals surface area contributed by atoms with E-state index in [2.05, 4.69) is 0 Å². The van der Waals surface area contributed by atoms with Gasteiger partial charge in [-0.1, -0.05) is 24.3 Å². The van der Waals surface area contributed by atoms with Gasteiger partial charge in [-0.05, 0) is 51.2 Å². The van der Waals surface area contributed by atoms with Gasteiger partial charge in [0.2, 0.25) is 0 Å². The Kier molecular flexibility index (Phi) is 4.91. The van der Waals surface area contributed by atoms with E-state index >= 15 is 0 Å². The van der Waals surface area contributed by atoms with Crippen LogP contribution in [0.25, 0.3) is 6.08 Å². The van der Waals surface area contributed by atoms with E-state index in [1.54, 1.807) is 6.08 Å². The number of benzene rings is 1. The van der Waals surface area contributed by atoms with Crippen molar-refractivity contribution in [1.82, 2.24) is 4.90 Å². The molecule has 1 aliphatic carbocycles. The van der Waals surface area contributed by atoms with E-state index in [9.17, 15) is 4.79 Å². The third-order valence-corrected chi connectivity index (χ3v) is 2.32. The van der Waals surface area contributed by atoms with Gasteiger partial charge in [-0.3, -0.25) is 0 Å². The third-order valence-electron chi connectivity index (χ3n) is 2.32. The maximum absolute atomic E-state index is 10.7. The number of carboxylic acid groups (broad SMARTS) is 1. The zero-order chi connectivity index (χ0) is 12.8. The van der Waals surface area contributed by atoms with E-state index in [0.29, 0.717) is 12.0 Å². The van der Waals surface area contributed by atoms with E-state index in [1.165, 1.54) is 5.56 Å². The van der Waals surface area contributed by atoms with Crippen LogP contribution < -0.4 is 0 Å². The lowest BCUT2D eigenvalue weighted by molar-refractivity contribution is -0.132. The average Bonchev–Trinajstić information content (AvgIpc) is 2.27. The van der Waals surface area contributed by atoms with Crippen LogP contribution in [0.2, 0.25) is 0 Å². The molecule has 1 aliphatic rings. The Labute approximate surface area is 102 Å². The molecule has 17 heavy (non-hydrogen) atoms. The van der Waals surface area contributed by atoms with Crippen molar-refractivity contribution < 1.29 is 9.90 Å². The van der Waals surface area contributed by atoms with Crippen LogP contribution in [-0.2, 0) is 11.2 Å². The molecule has 0 radical (unpaired) electrons. The summed E-state index contributed by atoms with van der Waals surface area (Å²) in [6, 6.07) is 7.92. The number of rotatable bonds is 1. The van der Waals surface area contributed by atoms with Gasteiger partial charge in [0.1, 0.15) is 0 Å². The molecular weight excluding hydrogens is 214 g/mol. The summed E-state index contributed by atoms with van der Waals surface area (Å²) in [5.41, 5.74) is 2.80. The van der Waals surface area contributed by atoms with E-state index in [4.69, 9.17) is 5.11 Å². The fourth-order valence-corrected chi connectivity index (χ4v) is 1.60. The second-order valence-electron chi connectivity index (χ2n) is 4.52. The van der Waals surface area contributed by atoms with Crippen LogP contribution in [0.1, 0.15) is 17.5 Å². The molecule has 0 amide bonds. The Balaban J connectivity index is 0.000000317. The predicted molar refractivity (Wildman–Crippen MR) is 70.0 cm³/mol. The number of fused-ring (bicyclic) bond motifs is 1. The molecule has 2 rings (SSSR count). The largest absolute Gasteiger partial charge is 0.478 e. The summed E-state index contributed by atoms with van der Waals surface area (Å²) in [4.78, 5) is 12.7. The van der Waals surface area contributed by atoms with E-state index in [1.807, 2.05) is 50.3 Å². The second-order valence-corrected chi connectivity index (χ2v) is 4.52. The van der Waals surface area contributed by atoms with Crippen molar-refractivity contribution in [2.75, 3.05) is 21.1 Å². The minimum Gasteiger partial charge on any atom is -0.478 e. The van der Waals surface area contributed by atoms with Gasteiger partial charge in [0.05, 0.1) is 0 Å². The van der Waals surface area contributed by atoms with Crippen molar-refractivity contribution in [3.63, 3.8) is 0 Å². The summed E-state index contributed by atoms with van der Waals surface area (Å²) in [6.45, 7) is 0. The third kappa shape index (κ3) is 4.41. The maximum Gasteiger partial charge on any atom is 0.331 e. The zero-order valence-electron chi connectivity index (χ0n) is 10.6. The van der Waals surface area contributed by atoms with Crippen LogP contribution >= 0.6 is 0 Å². The highest BCUT2D eigenvalue weighted by molar-refractivity contribution is 5.93. The van der Waals surface area contributed by atoms with Gasteiger partial charge in [0, 0.05) is 5.57 Å². The lowest BCUT2D eigenvalue weighted by Gasteiger charge is -2.12. The zero-order valence-corrected chi connectivity index (χ0v) is 10.6. The number of hydrogen-bond donors (Lipinski definition) is 1. The van der Waals surface area contributed by atoms with Crippen LogP contribution in [-0.4, -0.2) is 37.1 Å². The van der Waals surface area contributed by atoms with Crippen molar-refractivity contribution in [2.24, 2.45) is 0 Å². The highest BCUT2D eigenvalue weighted by Crippen LogP contribution is 2.23. The molecule has 0 atom stereocenters. The molecule has 1 N–H and O–H groups in total. The van der Waals surface area contributed by atoms with Crippen LogP contribution in [0.3, 0.4) is 0 Å². The van der Waals surface area contributed by atoms with Gasteiger partial charge in [-0.15, -0.1) is 0 Å². The van der Waals surface area contributed by atoms with Crippen LogP contribution in [0.5, 0.6) is 0 Å². The van der Waals surface area contributed by atoms with Gasteiger partial charge in [0.25, 0.3) is 0 Å². The van der Waals surface area contributed by atoms with Gasteiger partial charge < -0.3 is 10.0 Å². The summed E-state index contributed by atoms with van der Waals surface area (Å²) in [5, 5.41) is 8.80. The van der Waals surface area contributed by atoms with E-state index in [0.717, 1.165) is 12.0 Å². The quantitative estimate of drug-likeness (QED) is 0.809. The molecule has 0 bridgehead atoms. The molecule has 0 unspecified atom stereocenters. The summed E-state index contributed by atoms with van der Waals surface area (Å²) < 4.78 is 0. The van der Waals surface area contributed by atoms with Gasteiger partial charge in [-0.2, -0.15) is 0 Å².